The molecule has 1 heterocycles. The van der Waals surface area contributed by atoms with Gasteiger partial charge in [-0.25, -0.2) is 0 Å². The molecule has 0 saturated carbocycles. The van der Waals surface area contributed by atoms with Crippen LogP contribution in [0.3, 0.4) is 0 Å². The molecule has 0 spiro atoms. The Morgan fingerprint density at radius 3 is 2.89 bits per heavy atom. The molecule has 1 aliphatic heterocycles. The number of piperazine rings is 1. The fourth-order valence-electron chi connectivity index (χ4n) is 2.39. The molecule has 0 radical (unpaired) electrons. The monoisotopic (exact) mass is 312 g/mol. The molecule has 18 heavy (non-hydrogen) atoms. The van der Waals surface area contributed by atoms with Crippen LogP contribution in [0.5, 0.6) is 5.75 Å². The molecular weight excluding hydrogens is 292 g/mol. The quantitative estimate of drug-likeness (QED) is 0.928. The van der Waals surface area contributed by atoms with Crippen molar-refractivity contribution in [3.8, 4) is 5.75 Å². The minimum absolute atomic E-state index is 0.186. The summed E-state index contributed by atoms with van der Waals surface area (Å²) in [7, 11) is 1.73. The van der Waals surface area contributed by atoms with Crippen LogP contribution in [0.15, 0.2) is 22.7 Å². The number of benzene rings is 1. The molecule has 3 nitrogen and oxygen atoms in total. The number of rotatable bonds is 3. The number of nitrogens with one attached hydrogen (secondary N) is 1. The maximum atomic E-state index is 5.45. The minimum Gasteiger partial charge on any atom is -0.496 e. The number of nitrogens with zero attached hydrogens (tertiary/aromatic N) is 1. The van der Waals surface area contributed by atoms with Crippen molar-refractivity contribution in [3.05, 3.63) is 28.2 Å². The highest BCUT2D eigenvalue weighted by Crippen LogP contribution is 2.27. The van der Waals surface area contributed by atoms with Gasteiger partial charge in [0.05, 0.1) is 7.11 Å². The molecule has 0 unspecified atom stereocenters. The van der Waals surface area contributed by atoms with E-state index in [0.29, 0.717) is 0 Å². The Hall–Kier alpha value is -0.580. The lowest BCUT2D eigenvalue weighted by Gasteiger charge is -2.43. The first-order valence-electron chi connectivity index (χ1n) is 6.31. The smallest absolute Gasteiger partial charge is 0.123 e. The Bertz CT molecular complexity index is 420. The van der Waals surface area contributed by atoms with Gasteiger partial charge in [-0.05, 0) is 32.0 Å². The largest absolute Gasteiger partial charge is 0.496 e. The molecule has 0 aliphatic carbocycles. The van der Waals surface area contributed by atoms with Gasteiger partial charge in [-0.1, -0.05) is 15.9 Å². The molecule has 1 saturated heterocycles. The average Bonchev–Trinajstić information content (AvgIpc) is 2.32. The van der Waals surface area contributed by atoms with Crippen LogP contribution in [0.4, 0.5) is 0 Å². The van der Waals surface area contributed by atoms with Gasteiger partial charge in [0.25, 0.3) is 0 Å². The van der Waals surface area contributed by atoms with Gasteiger partial charge in [-0.3, -0.25) is 4.90 Å². The number of hydrogen-bond donors (Lipinski definition) is 1. The van der Waals surface area contributed by atoms with E-state index in [4.69, 9.17) is 4.74 Å². The van der Waals surface area contributed by atoms with Crippen LogP contribution in [0.2, 0.25) is 0 Å². The van der Waals surface area contributed by atoms with Crippen molar-refractivity contribution in [2.45, 2.75) is 25.9 Å². The third-order valence-electron chi connectivity index (χ3n) is 3.58. The summed E-state index contributed by atoms with van der Waals surface area (Å²) in [6.07, 6.45) is 0. The van der Waals surface area contributed by atoms with E-state index in [1.54, 1.807) is 7.11 Å². The zero-order chi connectivity index (χ0) is 13.2. The van der Waals surface area contributed by atoms with E-state index in [9.17, 15) is 0 Å². The molecular formula is C14H21BrN2O. The molecule has 1 aromatic carbocycles. The van der Waals surface area contributed by atoms with Gasteiger partial charge < -0.3 is 10.1 Å². The Labute approximate surface area is 118 Å². The Balaban J connectivity index is 2.19. The normalized spacial score (nSPS) is 19.8. The average molecular weight is 313 g/mol. The Morgan fingerprint density at radius 1 is 1.44 bits per heavy atom. The van der Waals surface area contributed by atoms with Crippen molar-refractivity contribution in [1.29, 1.82) is 0 Å². The summed E-state index contributed by atoms with van der Waals surface area (Å²) < 4.78 is 6.55. The van der Waals surface area contributed by atoms with Crippen molar-refractivity contribution >= 4 is 15.9 Å². The van der Waals surface area contributed by atoms with E-state index in [1.165, 1.54) is 5.56 Å². The lowest BCUT2D eigenvalue weighted by atomic mass is 9.99. The van der Waals surface area contributed by atoms with E-state index in [2.05, 4.69) is 46.1 Å². The molecule has 0 aromatic heterocycles. The lowest BCUT2D eigenvalue weighted by molar-refractivity contribution is 0.0819. The van der Waals surface area contributed by atoms with Crippen molar-refractivity contribution in [2.75, 3.05) is 26.7 Å². The summed E-state index contributed by atoms with van der Waals surface area (Å²) in [6, 6.07) is 6.19. The number of methoxy groups -OCH3 is 1. The van der Waals surface area contributed by atoms with Gasteiger partial charge in [0.1, 0.15) is 5.75 Å². The van der Waals surface area contributed by atoms with Crippen LogP contribution in [-0.2, 0) is 6.54 Å². The molecule has 0 atom stereocenters. The highest BCUT2D eigenvalue weighted by atomic mass is 79.9. The molecule has 1 N–H and O–H groups in total. The SMILES string of the molecule is COc1ccc(Br)cc1CN1CCNCC1(C)C. The highest BCUT2D eigenvalue weighted by molar-refractivity contribution is 9.10. The van der Waals surface area contributed by atoms with Gasteiger partial charge in [-0.2, -0.15) is 0 Å². The summed E-state index contributed by atoms with van der Waals surface area (Å²) in [5.74, 6) is 0.965. The maximum Gasteiger partial charge on any atom is 0.123 e. The molecule has 1 aromatic rings. The second-order valence-electron chi connectivity index (χ2n) is 5.37. The van der Waals surface area contributed by atoms with E-state index in [0.717, 1.165) is 36.4 Å². The molecule has 100 valence electrons. The molecule has 0 amide bonds. The van der Waals surface area contributed by atoms with E-state index >= 15 is 0 Å². The molecule has 2 rings (SSSR count). The minimum atomic E-state index is 0.186. The first-order chi connectivity index (χ1) is 8.53. The third kappa shape index (κ3) is 3.05. The zero-order valence-electron chi connectivity index (χ0n) is 11.3. The summed E-state index contributed by atoms with van der Waals surface area (Å²) in [6.45, 7) is 8.65. The lowest BCUT2D eigenvalue weighted by Crippen LogP contribution is -2.57. The second kappa shape index (κ2) is 5.59. The molecule has 4 heteroatoms. The fourth-order valence-corrected chi connectivity index (χ4v) is 2.80. The topological polar surface area (TPSA) is 24.5 Å². The van der Waals surface area contributed by atoms with Crippen molar-refractivity contribution < 1.29 is 4.74 Å². The van der Waals surface area contributed by atoms with Crippen LogP contribution in [0, 0.1) is 0 Å². The predicted molar refractivity (Wildman–Crippen MR) is 78.1 cm³/mol. The van der Waals surface area contributed by atoms with Crippen LogP contribution < -0.4 is 10.1 Å². The van der Waals surface area contributed by atoms with E-state index < -0.39 is 0 Å². The summed E-state index contributed by atoms with van der Waals surface area (Å²) in [5.41, 5.74) is 1.42. The van der Waals surface area contributed by atoms with Gasteiger partial charge in [0.15, 0.2) is 0 Å². The zero-order valence-corrected chi connectivity index (χ0v) is 12.9. The van der Waals surface area contributed by atoms with Gasteiger partial charge in [-0.15, -0.1) is 0 Å². The first-order valence-corrected chi connectivity index (χ1v) is 7.10. The van der Waals surface area contributed by atoms with Crippen molar-refractivity contribution in [1.82, 2.24) is 10.2 Å². The highest BCUT2D eigenvalue weighted by Gasteiger charge is 2.29. The van der Waals surface area contributed by atoms with Gasteiger partial charge in [0.2, 0.25) is 0 Å². The summed E-state index contributed by atoms with van der Waals surface area (Å²) in [5, 5.41) is 3.45. The second-order valence-corrected chi connectivity index (χ2v) is 6.28. The number of hydrogen-bond acceptors (Lipinski definition) is 3. The van der Waals surface area contributed by atoms with E-state index in [-0.39, 0.29) is 5.54 Å². The van der Waals surface area contributed by atoms with Gasteiger partial charge >= 0.3 is 0 Å². The Morgan fingerprint density at radius 2 is 2.22 bits per heavy atom. The molecule has 1 aliphatic rings. The van der Waals surface area contributed by atoms with Crippen molar-refractivity contribution in [2.24, 2.45) is 0 Å². The fraction of sp³-hybridized carbons (Fsp3) is 0.571. The number of halogens is 1. The van der Waals surface area contributed by atoms with Crippen LogP contribution in [0.25, 0.3) is 0 Å². The predicted octanol–water partition coefficient (Wildman–Crippen LogP) is 2.64. The van der Waals surface area contributed by atoms with Crippen LogP contribution in [-0.4, -0.2) is 37.2 Å². The Kier molecular flexibility index (Phi) is 4.30. The van der Waals surface area contributed by atoms with Gasteiger partial charge in [0, 0.05) is 41.8 Å². The summed E-state index contributed by atoms with van der Waals surface area (Å²) >= 11 is 3.53. The standard InChI is InChI=1S/C14H21BrN2O/c1-14(2)10-16-6-7-17(14)9-11-8-12(15)4-5-13(11)18-3/h4-5,8,16H,6-7,9-10H2,1-3H3. The first kappa shape index (κ1) is 13.8. The summed E-state index contributed by atoms with van der Waals surface area (Å²) in [4.78, 5) is 2.51. The maximum absolute atomic E-state index is 5.45. The van der Waals surface area contributed by atoms with Crippen molar-refractivity contribution in [3.63, 3.8) is 0 Å². The van der Waals surface area contributed by atoms with Crippen LogP contribution in [0.1, 0.15) is 19.4 Å². The molecule has 1 fully saturated rings. The van der Waals surface area contributed by atoms with Crippen LogP contribution >= 0.6 is 15.9 Å². The molecule has 0 bridgehead atoms. The van der Waals surface area contributed by atoms with E-state index in [1.807, 2.05) is 12.1 Å². The number of ether oxygens (including phenoxy) is 1. The third-order valence-corrected chi connectivity index (χ3v) is 4.07.